The van der Waals surface area contributed by atoms with Crippen LogP contribution in [0.15, 0.2) is 42.5 Å². The summed E-state index contributed by atoms with van der Waals surface area (Å²) in [6.45, 7) is 4.16. The third-order valence-corrected chi connectivity index (χ3v) is 2.46. The molecule has 0 saturated carbocycles. The van der Waals surface area contributed by atoms with Crippen LogP contribution in [0.3, 0.4) is 0 Å². The van der Waals surface area contributed by atoms with Gasteiger partial charge in [0, 0.05) is 16.8 Å². The molecule has 0 saturated heterocycles. The van der Waals surface area contributed by atoms with E-state index in [2.05, 4.69) is 43.9 Å². The van der Waals surface area contributed by atoms with Crippen molar-refractivity contribution in [2.45, 2.75) is 13.8 Å². The fourth-order valence-electron chi connectivity index (χ4n) is 1.81. The van der Waals surface area contributed by atoms with E-state index in [-0.39, 0.29) is 0 Å². The number of hydrogen-bond acceptors (Lipinski definition) is 1. The highest BCUT2D eigenvalue weighted by Gasteiger charge is 1.92. The molecule has 0 fully saturated rings. The summed E-state index contributed by atoms with van der Waals surface area (Å²) in [6.07, 6.45) is 0. The Morgan fingerprint density at radius 2 is 1.47 bits per heavy atom. The van der Waals surface area contributed by atoms with E-state index in [4.69, 9.17) is 5.73 Å². The Labute approximate surface area is 102 Å². The molecular weight excluding hydrogens is 206 g/mol. The Kier molecular flexibility index (Phi) is 3.16. The maximum atomic E-state index is 5.71. The van der Waals surface area contributed by atoms with Gasteiger partial charge in [-0.3, -0.25) is 0 Å². The molecule has 0 aliphatic carbocycles. The van der Waals surface area contributed by atoms with Gasteiger partial charge >= 0.3 is 0 Å². The number of nitrogens with two attached hydrogens (primary N) is 1. The maximum absolute atomic E-state index is 5.71. The van der Waals surface area contributed by atoms with Crippen LogP contribution >= 0.6 is 0 Å². The number of anilines is 1. The van der Waals surface area contributed by atoms with Crippen LogP contribution < -0.4 is 5.73 Å². The molecule has 1 heteroatoms. The van der Waals surface area contributed by atoms with Gasteiger partial charge in [0.15, 0.2) is 0 Å². The summed E-state index contributed by atoms with van der Waals surface area (Å²) in [4.78, 5) is 0. The van der Waals surface area contributed by atoms with Crippen LogP contribution in [-0.4, -0.2) is 0 Å². The first-order valence-electron chi connectivity index (χ1n) is 5.59. The van der Waals surface area contributed by atoms with Crippen LogP contribution in [0.2, 0.25) is 0 Å². The van der Waals surface area contributed by atoms with Crippen molar-refractivity contribution in [3.63, 3.8) is 0 Å². The lowest BCUT2D eigenvalue weighted by Crippen LogP contribution is -1.85. The Morgan fingerprint density at radius 1 is 0.824 bits per heavy atom. The second-order valence-electron chi connectivity index (χ2n) is 4.25. The van der Waals surface area contributed by atoms with E-state index in [0.717, 1.165) is 16.8 Å². The van der Waals surface area contributed by atoms with E-state index >= 15 is 0 Å². The van der Waals surface area contributed by atoms with Crippen molar-refractivity contribution >= 4 is 5.69 Å². The Bertz CT molecular complexity index is 580. The standard InChI is InChI=1S/C16H15N/c1-12-8-13(2)10-15(9-12)7-6-14-4-3-5-16(17)11-14/h3-5,8-11H,17H2,1-2H3. The number of benzene rings is 2. The second kappa shape index (κ2) is 4.76. The summed E-state index contributed by atoms with van der Waals surface area (Å²) in [5.74, 6) is 6.29. The van der Waals surface area contributed by atoms with Gasteiger partial charge in [-0.1, -0.05) is 24.0 Å². The number of nitrogen functional groups attached to an aromatic ring is 1. The number of rotatable bonds is 0. The van der Waals surface area contributed by atoms with Crippen LogP contribution in [-0.2, 0) is 0 Å². The van der Waals surface area contributed by atoms with E-state index < -0.39 is 0 Å². The monoisotopic (exact) mass is 221 g/mol. The van der Waals surface area contributed by atoms with Gasteiger partial charge in [0.2, 0.25) is 0 Å². The third-order valence-electron chi connectivity index (χ3n) is 2.46. The molecular formula is C16H15N. The molecule has 84 valence electrons. The largest absolute Gasteiger partial charge is 0.399 e. The number of aryl methyl sites for hydroxylation is 2. The highest BCUT2D eigenvalue weighted by Crippen LogP contribution is 2.09. The van der Waals surface area contributed by atoms with E-state index in [9.17, 15) is 0 Å². The van der Waals surface area contributed by atoms with Crippen LogP contribution in [0, 0.1) is 25.7 Å². The van der Waals surface area contributed by atoms with Gasteiger partial charge < -0.3 is 5.73 Å². The molecule has 17 heavy (non-hydrogen) atoms. The lowest BCUT2D eigenvalue weighted by Gasteiger charge is -1.97. The Hall–Kier alpha value is -2.20. The van der Waals surface area contributed by atoms with Crippen molar-refractivity contribution in [2.75, 3.05) is 5.73 Å². The molecule has 2 rings (SSSR count). The van der Waals surface area contributed by atoms with Gasteiger partial charge in [0.1, 0.15) is 0 Å². The maximum Gasteiger partial charge on any atom is 0.0326 e. The fourth-order valence-corrected chi connectivity index (χ4v) is 1.81. The topological polar surface area (TPSA) is 26.0 Å². The summed E-state index contributed by atoms with van der Waals surface area (Å²) in [6, 6.07) is 14.0. The molecule has 0 unspecified atom stereocenters. The van der Waals surface area contributed by atoms with E-state index in [1.807, 2.05) is 24.3 Å². The predicted molar refractivity (Wildman–Crippen MR) is 72.8 cm³/mol. The molecule has 2 aromatic rings. The van der Waals surface area contributed by atoms with E-state index in [1.54, 1.807) is 0 Å². The first-order chi connectivity index (χ1) is 8.13. The summed E-state index contributed by atoms with van der Waals surface area (Å²) >= 11 is 0. The molecule has 0 aliphatic rings. The van der Waals surface area contributed by atoms with Crippen molar-refractivity contribution in [1.82, 2.24) is 0 Å². The van der Waals surface area contributed by atoms with Crippen molar-refractivity contribution in [3.05, 3.63) is 64.7 Å². The molecule has 0 amide bonds. The van der Waals surface area contributed by atoms with Crippen molar-refractivity contribution in [1.29, 1.82) is 0 Å². The molecule has 2 N–H and O–H groups in total. The average molecular weight is 221 g/mol. The minimum Gasteiger partial charge on any atom is -0.399 e. The van der Waals surface area contributed by atoms with Crippen LogP contribution in [0.4, 0.5) is 5.69 Å². The zero-order valence-corrected chi connectivity index (χ0v) is 10.1. The van der Waals surface area contributed by atoms with Gasteiger partial charge in [-0.2, -0.15) is 0 Å². The summed E-state index contributed by atoms with van der Waals surface area (Å²) < 4.78 is 0. The Morgan fingerprint density at radius 3 is 2.12 bits per heavy atom. The smallest absolute Gasteiger partial charge is 0.0326 e. The summed E-state index contributed by atoms with van der Waals surface area (Å²) in [5.41, 5.74) is 10.9. The normalized spacial score (nSPS) is 9.53. The van der Waals surface area contributed by atoms with Crippen molar-refractivity contribution in [2.24, 2.45) is 0 Å². The van der Waals surface area contributed by atoms with Crippen LogP contribution in [0.1, 0.15) is 22.3 Å². The lowest BCUT2D eigenvalue weighted by atomic mass is 10.1. The zero-order chi connectivity index (χ0) is 12.3. The summed E-state index contributed by atoms with van der Waals surface area (Å²) in [5, 5.41) is 0. The van der Waals surface area contributed by atoms with E-state index in [0.29, 0.717) is 0 Å². The van der Waals surface area contributed by atoms with Gasteiger partial charge in [-0.15, -0.1) is 0 Å². The zero-order valence-electron chi connectivity index (χ0n) is 10.1. The first-order valence-corrected chi connectivity index (χ1v) is 5.59. The first kappa shape index (κ1) is 11.3. The fraction of sp³-hybridized carbons (Fsp3) is 0.125. The molecule has 0 aromatic heterocycles. The van der Waals surface area contributed by atoms with Crippen LogP contribution in [0.5, 0.6) is 0 Å². The minimum absolute atomic E-state index is 0.747. The molecule has 0 radical (unpaired) electrons. The molecule has 0 spiro atoms. The quantitative estimate of drug-likeness (QED) is 0.536. The van der Waals surface area contributed by atoms with Gasteiger partial charge in [0.25, 0.3) is 0 Å². The SMILES string of the molecule is Cc1cc(C)cc(C#Cc2cccc(N)c2)c1. The molecule has 0 bridgehead atoms. The Balaban J connectivity index is 2.32. The molecule has 0 heterocycles. The van der Waals surface area contributed by atoms with Gasteiger partial charge in [-0.05, 0) is 55.3 Å². The second-order valence-corrected chi connectivity index (χ2v) is 4.25. The lowest BCUT2D eigenvalue weighted by molar-refractivity contribution is 1.37. The van der Waals surface area contributed by atoms with Crippen molar-refractivity contribution < 1.29 is 0 Å². The highest BCUT2D eigenvalue weighted by atomic mass is 14.5. The van der Waals surface area contributed by atoms with Gasteiger partial charge in [-0.25, -0.2) is 0 Å². The van der Waals surface area contributed by atoms with Crippen LogP contribution in [0.25, 0.3) is 0 Å². The molecule has 1 nitrogen and oxygen atoms in total. The molecule has 0 atom stereocenters. The third kappa shape index (κ3) is 3.12. The average Bonchev–Trinajstić information content (AvgIpc) is 2.25. The minimum atomic E-state index is 0.747. The predicted octanol–water partition coefficient (Wildman–Crippen LogP) is 3.29. The number of hydrogen-bond donors (Lipinski definition) is 1. The van der Waals surface area contributed by atoms with E-state index in [1.165, 1.54) is 11.1 Å². The van der Waals surface area contributed by atoms with Gasteiger partial charge in [0.05, 0.1) is 0 Å². The molecule has 0 aliphatic heterocycles. The van der Waals surface area contributed by atoms with Crippen molar-refractivity contribution in [3.8, 4) is 11.8 Å². The molecule has 2 aromatic carbocycles. The highest BCUT2D eigenvalue weighted by molar-refractivity contribution is 5.50. The summed E-state index contributed by atoms with van der Waals surface area (Å²) in [7, 11) is 0.